The highest BCUT2D eigenvalue weighted by molar-refractivity contribution is 6.29. The van der Waals surface area contributed by atoms with Gasteiger partial charge in [-0.2, -0.15) is 0 Å². The fraction of sp³-hybridized carbons (Fsp3) is 0.200. The summed E-state index contributed by atoms with van der Waals surface area (Å²) in [5.74, 6) is -0.338. The summed E-state index contributed by atoms with van der Waals surface area (Å²) in [5.41, 5.74) is 5.81. The van der Waals surface area contributed by atoms with Gasteiger partial charge in [-0.05, 0) is 74.2 Å². The zero-order valence-electron chi connectivity index (χ0n) is 24.8. The fourth-order valence-electron chi connectivity index (χ4n) is 7.14. The van der Waals surface area contributed by atoms with Crippen LogP contribution < -0.4 is 0 Å². The van der Waals surface area contributed by atoms with Gasteiger partial charge in [-0.25, -0.2) is 0 Å². The van der Waals surface area contributed by atoms with Crippen LogP contribution in [0.2, 0.25) is 0 Å². The van der Waals surface area contributed by atoms with E-state index in [1.165, 1.54) is 21.9 Å². The minimum atomic E-state index is -0.169. The number of hydrogen-bond donors (Lipinski definition) is 0. The molecule has 1 atom stereocenters. The van der Waals surface area contributed by atoms with Crippen molar-refractivity contribution in [2.75, 3.05) is 0 Å². The van der Waals surface area contributed by atoms with E-state index in [2.05, 4.69) is 105 Å². The second-order valence-electron chi connectivity index (χ2n) is 11.6. The van der Waals surface area contributed by atoms with Crippen LogP contribution in [-0.4, -0.2) is 22.8 Å². The number of fused-ring (bicyclic) bond motifs is 2. The highest BCUT2D eigenvalue weighted by Crippen LogP contribution is 2.46. The first-order valence-corrected chi connectivity index (χ1v) is 15.6. The highest BCUT2D eigenvalue weighted by atomic mass is 16.2. The molecule has 3 heteroatoms. The summed E-state index contributed by atoms with van der Waals surface area (Å²) < 4.78 is 0. The van der Waals surface area contributed by atoms with Crippen LogP contribution in [-0.2, 0) is 0 Å². The summed E-state index contributed by atoms with van der Waals surface area (Å²) in [6.07, 6.45) is 4.83. The number of benzene rings is 6. The minimum absolute atomic E-state index is 0.0898. The average molecular weight is 562 g/mol. The number of amides is 2. The number of nitrogens with zero attached hydrogens (tertiary/aromatic N) is 1. The Morgan fingerprint density at radius 3 is 1.67 bits per heavy atom. The molecule has 6 aromatic rings. The monoisotopic (exact) mass is 561 g/mol. The number of rotatable bonds is 8. The standard InChI is InChI=1S/C40H35NO2/c1-3-5-7-17-27(4-2)41-39(42)34-23-14-22-32-33(24-25-35(38(32)34)40(41)43)37-30-20-12-10-18-28(30)36(26-15-8-6-9-16-26)29-19-11-13-21-31(29)37/h6,8-16,18-25,27H,3-5,7,17H2,1-2H3. The van der Waals surface area contributed by atoms with Crippen LogP contribution in [0.25, 0.3) is 54.6 Å². The molecule has 0 aliphatic carbocycles. The largest absolute Gasteiger partial charge is 0.271 e. The fourth-order valence-corrected chi connectivity index (χ4v) is 7.14. The average Bonchev–Trinajstić information content (AvgIpc) is 3.05. The molecule has 1 aliphatic rings. The first-order chi connectivity index (χ1) is 21.1. The third-order valence-electron chi connectivity index (χ3n) is 9.18. The maximum Gasteiger partial charge on any atom is 0.261 e. The molecule has 1 aliphatic heterocycles. The molecule has 1 heterocycles. The summed E-state index contributed by atoms with van der Waals surface area (Å²) in [6, 6.07) is 37.6. The van der Waals surface area contributed by atoms with Crippen molar-refractivity contribution < 1.29 is 9.59 Å². The van der Waals surface area contributed by atoms with Gasteiger partial charge in [-0.1, -0.05) is 130 Å². The zero-order chi connectivity index (χ0) is 29.5. The predicted octanol–water partition coefficient (Wildman–Crippen LogP) is 10.4. The Balaban J connectivity index is 1.48. The Morgan fingerprint density at radius 1 is 0.535 bits per heavy atom. The zero-order valence-corrected chi connectivity index (χ0v) is 24.8. The van der Waals surface area contributed by atoms with E-state index < -0.39 is 0 Å². The lowest BCUT2D eigenvalue weighted by atomic mass is 9.83. The molecule has 212 valence electrons. The maximum absolute atomic E-state index is 14.0. The van der Waals surface area contributed by atoms with Crippen molar-refractivity contribution in [1.29, 1.82) is 0 Å². The summed E-state index contributed by atoms with van der Waals surface area (Å²) in [7, 11) is 0. The Labute approximate surface area is 252 Å². The summed E-state index contributed by atoms with van der Waals surface area (Å²) in [5, 5.41) is 6.38. The lowest BCUT2D eigenvalue weighted by Gasteiger charge is -2.34. The SMILES string of the molecule is CCCCCC(CC)N1C(=O)c2cccc3c(-c4c5ccccc5c(-c5ccccc5)c5ccccc45)ccc(c23)C1=O. The van der Waals surface area contributed by atoms with Crippen molar-refractivity contribution in [2.24, 2.45) is 0 Å². The van der Waals surface area contributed by atoms with Crippen molar-refractivity contribution in [2.45, 2.75) is 52.0 Å². The number of carbonyl (C=O) groups excluding carboxylic acids is 2. The smallest absolute Gasteiger partial charge is 0.261 e. The lowest BCUT2D eigenvalue weighted by molar-refractivity contribution is 0.0524. The molecule has 0 aromatic heterocycles. The molecule has 0 saturated heterocycles. The van der Waals surface area contributed by atoms with E-state index in [1.807, 2.05) is 18.2 Å². The summed E-state index contributed by atoms with van der Waals surface area (Å²) in [6.45, 7) is 4.25. The van der Waals surface area contributed by atoms with E-state index in [4.69, 9.17) is 0 Å². The Kier molecular flexibility index (Phi) is 7.02. The van der Waals surface area contributed by atoms with Crippen LogP contribution in [0.4, 0.5) is 0 Å². The van der Waals surface area contributed by atoms with Gasteiger partial charge in [0.05, 0.1) is 0 Å². The van der Waals surface area contributed by atoms with E-state index in [0.29, 0.717) is 11.1 Å². The van der Waals surface area contributed by atoms with E-state index in [0.717, 1.165) is 64.8 Å². The Morgan fingerprint density at radius 2 is 1.07 bits per heavy atom. The van der Waals surface area contributed by atoms with E-state index in [1.54, 1.807) is 4.90 Å². The molecule has 0 saturated carbocycles. The molecule has 0 N–H and O–H groups in total. The molecule has 3 nitrogen and oxygen atoms in total. The van der Waals surface area contributed by atoms with Crippen molar-refractivity contribution in [3.05, 3.63) is 120 Å². The third kappa shape index (κ3) is 4.34. The number of carbonyl (C=O) groups is 2. The Hall–Kier alpha value is -4.76. The van der Waals surface area contributed by atoms with E-state index in [9.17, 15) is 9.59 Å². The van der Waals surface area contributed by atoms with Gasteiger partial charge in [0, 0.05) is 22.6 Å². The number of hydrogen-bond acceptors (Lipinski definition) is 2. The van der Waals surface area contributed by atoms with Crippen molar-refractivity contribution in [1.82, 2.24) is 4.90 Å². The molecule has 1 unspecified atom stereocenters. The second-order valence-corrected chi connectivity index (χ2v) is 11.6. The second kappa shape index (κ2) is 11.1. The van der Waals surface area contributed by atoms with Gasteiger partial charge in [-0.15, -0.1) is 0 Å². The maximum atomic E-state index is 14.0. The number of imide groups is 1. The van der Waals surface area contributed by atoms with Crippen LogP contribution >= 0.6 is 0 Å². The van der Waals surface area contributed by atoms with Gasteiger partial charge >= 0.3 is 0 Å². The van der Waals surface area contributed by atoms with Gasteiger partial charge in [-0.3, -0.25) is 14.5 Å². The van der Waals surface area contributed by atoms with Crippen LogP contribution in [0.3, 0.4) is 0 Å². The van der Waals surface area contributed by atoms with Crippen LogP contribution in [0, 0.1) is 0 Å². The molecular formula is C40H35NO2. The van der Waals surface area contributed by atoms with Crippen LogP contribution in [0.15, 0.2) is 109 Å². The Bertz CT molecular complexity index is 1950. The van der Waals surface area contributed by atoms with E-state index in [-0.39, 0.29) is 17.9 Å². The van der Waals surface area contributed by atoms with Crippen LogP contribution in [0.1, 0.15) is 66.7 Å². The van der Waals surface area contributed by atoms with Crippen molar-refractivity contribution in [3.63, 3.8) is 0 Å². The van der Waals surface area contributed by atoms with E-state index >= 15 is 0 Å². The van der Waals surface area contributed by atoms with Gasteiger partial charge in [0.1, 0.15) is 0 Å². The molecule has 0 bridgehead atoms. The molecule has 0 radical (unpaired) electrons. The summed E-state index contributed by atoms with van der Waals surface area (Å²) >= 11 is 0. The first-order valence-electron chi connectivity index (χ1n) is 15.6. The normalized spacial score (nSPS) is 13.8. The molecule has 43 heavy (non-hydrogen) atoms. The van der Waals surface area contributed by atoms with Crippen molar-refractivity contribution in [3.8, 4) is 22.3 Å². The van der Waals surface area contributed by atoms with Gasteiger partial charge in [0.15, 0.2) is 0 Å². The summed E-state index contributed by atoms with van der Waals surface area (Å²) in [4.78, 5) is 29.6. The molecule has 6 aromatic carbocycles. The highest BCUT2D eigenvalue weighted by Gasteiger charge is 2.37. The minimum Gasteiger partial charge on any atom is -0.271 e. The van der Waals surface area contributed by atoms with Gasteiger partial charge < -0.3 is 0 Å². The molecule has 0 spiro atoms. The number of unbranched alkanes of at least 4 members (excludes halogenated alkanes) is 2. The lowest BCUT2D eigenvalue weighted by Crippen LogP contribution is -2.46. The molecule has 7 rings (SSSR count). The molecule has 2 amide bonds. The van der Waals surface area contributed by atoms with Crippen molar-refractivity contribution >= 4 is 44.1 Å². The first kappa shape index (κ1) is 27.1. The third-order valence-corrected chi connectivity index (χ3v) is 9.18. The topological polar surface area (TPSA) is 37.4 Å². The van der Waals surface area contributed by atoms with Crippen LogP contribution in [0.5, 0.6) is 0 Å². The predicted molar refractivity (Wildman–Crippen MR) is 179 cm³/mol. The quantitative estimate of drug-likeness (QED) is 0.105. The van der Waals surface area contributed by atoms with Gasteiger partial charge in [0.2, 0.25) is 0 Å². The molecular weight excluding hydrogens is 526 g/mol. The molecule has 0 fully saturated rings. The van der Waals surface area contributed by atoms with Gasteiger partial charge in [0.25, 0.3) is 11.8 Å².